The zero-order chi connectivity index (χ0) is 13.3. The molecular weight excluding hydrogens is 238 g/mol. The maximum absolute atomic E-state index is 11.8. The molecule has 1 amide bonds. The molecule has 0 unspecified atom stereocenters. The Kier molecular flexibility index (Phi) is 3.21. The van der Waals surface area contributed by atoms with Crippen LogP contribution in [0, 0.1) is 0 Å². The van der Waals surface area contributed by atoms with Crippen LogP contribution < -0.4 is 10.5 Å². The number of rotatable bonds is 3. The molecule has 102 valence electrons. The molecule has 2 aliphatic rings. The molecule has 2 aliphatic carbocycles. The van der Waals surface area contributed by atoms with Crippen LogP contribution >= 0.6 is 0 Å². The van der Waals surface area contributed by atoms with Crippen LogP contribution in [0.4, 0.5) is 0 Å². The first kappa shape index (κ1) is 12.5. The molecule has 1 aromatic rings. The lowest BCUT2D eigenvalue weighted by Gasteiger charge is -2.34. The highest BCUT2D eigenvalue weighted by atomic mass is 16.5. The van der Waals surface area contributed by atoms with E-state index in [9.17, 15) is 4.79 Å². The van der Waals surface area contributed by atoms with Crippen LogP contribution in [0.1, 0.15) is 49.7 Å². The zero-order valence-corrected chi connectivity index (χ0v) is 11.3. The number of fused-ring (bicyclic) bond motifs is 1. The summed E-state index contributed by atoms with van der Waals surface area (Å²) in [5, 5.41) is 0. The molecule has 0 atom stereocenters. The van der Waals surface area contributed by atoms with Crippen LogP contribution in [0.25, 0.3) is 0 Å². The van der Waals surface area contributed by atoms with Gasteiger partial charge >= 0.3 is 0 Å². The summed E-state index contributed by atoms with van der Waals surface area (Å²) in [4.78, 5) is 11.8. The third kappa shape index (κ3) is 2.34. The molecule has 3 nitrogen and oxygen atoms in total. The lowest BCUT2D eigenvalue weighted by molar-refractivity contribution is -0.136. The molecule has 0 bridgehead atoms. The molecule has 0 aliphatic heterocycles. The van der Waals surface area contributed by atoms with E-state index in [0.717, 1.165) is 44.3 Å². The van der Waals surface area contributed by atoms with Crippen LogP contribution in [0.2, 0.25) is 0 Å². The summed E-state index contributed by atoms with van der Waals surface area (Å²) in [6.07, 6.45) is 8.22. The number of hydrogen-bond donors (Lipinski definition) is 1. The van der Waals surface area contributed by atoms with E-state index in [1.807, 2.05) is 6.07 Å². The van der Waals surface area contributed by atoms with Gasteiger partial charge in [-0.3, -0.25) is 4.79 Å². The van der Waals surface area contributed by atoms with Crippen LogP contribution in [0.15, 0.2) is 18.2 Å². The number of primary amides is 1. The summed E-state index contributed by atoms with van der Waals surface area (Å²) >= 11 is 0. The maximum Gasteiger partial charge on any atom is 0.261 e. The number of aryl methyl sites for hydroxylation is 2. The number of nitrogens with two attached hydrogens (primary N) is 1. The summed E-state index contributed by atoms with van der Waals surface area (Å²) < 4.78 is 6.06. The monoisotopic (exact) mass is 259 g/mol. The molecule has 19 heavy (non-hydrogen) atoms. The molecular formula is C16H21NO2. The van der Waals surface area contributed by atoms with Crippen LogP contribution in [0.3, 0.4) is 0 Å². The van der Waals surface area contributed by atoms with Gasteiger partial charge in [-0.15, -0.1) is 0 Å². The normalized spacial score (nSPS) is 20.8. The van der Waals surface area contributed by atoms with Gasteiger partial charge in [0.15, 0.2) is 5.60 Å². The lowest BCUT2D eigenvalue weighted by atomic mass is 9.84. The predicted octanol–water partition coefficient (Wildman–Crippen LogP) is 2.74. The maximum atomic E-state index is 11.8. The highest BCUT2D eigenvalue weighted by Crippen LogP contribution is 2.34. The Morgan fingerprint density at radius 2 is 1.79 bits per heavy atom. The summed E-state index contributed by atoms with van der Waals surface area (Å²) in [6.45, 7) is 0. The fraction of sp³-hybridized carbons (Fsp3) is 0.562. The lowest BCUT2D eigenvalue weighted by Crippen LogP contribution is -2.50. The van der Waals surface area contributed by atoms with E-state index in [1.54, 1.807) is 0 Å². The third-order valence-corrected chi connectivity index (χ3v) is 4.49. The molecule has 2 N–H and O–H groups in total. The van der Waals surface area contributed by atoms with Crippen molar-refractivity contribution in [3.8, 4) is 5.75 Å². The van der Waals surface area contributed by atoms with Gasteiger partial charge in [-0.1, -0.05) is 12.5 Å². The van der Waals surface area contributed by atoms with E-state index >= 15 is 0 Å². The van der Waals surface area contributed by atoms with Crippen molar-refractivity contribution in [3.63, 3.8) is 0 Å². The van der Waals surface area contributed by atoms with E-state index in [-0.39, 0.29) is 5.91 Å². The Morgan fingerprint density at radius 1 is 1.05 bits per heavy atom. The van der Waals surface area contributed by atoms with Gasteiger partial charge in [0.25, 0.3) is 5.91 Å². The van der Waals surface area contributed by atoms with Crippen LogP contribution in [-0.2, 0) is 17.6 Å². The van der Waals surface area contributed by atoms with Gasteiger partial charge in [0.2, 0.25) is 0 Å². The minimum absolute atomic E-state index is 0.312. The van der Waals surface area contributed by atoms with Crippen LogP contribution in [0.5, 0.6) is 5.75 Å². The predicted molar refractivity (Wildman–Crippen MR) is 74.1 cm³/mol. The topological polar surface area (TPSA) is 52.3 Å². The van der Waals surface area contributed by atoms with Gasteiger partial charge in [-0.25, -0.2) is 0 Å². The Labute approximate surface area is 114 Å². The fourth-order valence-corrected chi connectivity index (χ4v) is 3.36. The van der Waals surface area contributed by atoms with Crippen molar-refractivity contribution in [2.45, 2.75) is 57.0 Å². The van der Waals surface area contributed by atoms with Crippen LogP contribution in [-0.4, -0.2) is 11.5 Å². The van der Waals surface area contributed by atoms with E-state index < -0.39 is 5.60 Å². The third-order valence-electron chi connectivity index (χ3n) is 4.49. The van der Waals surface area contributed by atoms with Gasteiger partial charge in [-0.2, -0.15) is 0 Å². The standard InChI is InChI=1S/C16H21NO2/c17-15(18)16(9-2-1-3-10-16)19-14-8-7-12-5-4-6-13(12)11-14/h7-8,11H,1-6,9-10H2,(H2,17,18). The minimum atomic E-state index is -0.773. The number of benzene rings is 1. The average Bonchev–Trinajstić information content (AvgIpc) is 2.87. The SMILES string of the molecule is NC(=O)C1(Oc2ccc3c(c2)CCC3)CCCCC1. The van der Waals surface area contributed by atoms with Gasteiger partial charge in [0.1, 0.15) is 5.75 Å². The number of carbonyl (C=O) groups is 1. The average molecular weight is 259 g/mol. The van der Waals surface area contributed by atoms with E-state index in [2.05, 4.69) is 12.1 Å². The highest BCUT2D eigenvalue weighted by Gasteiger charge is 2.40. The van der Waals surface area contributed by atoms with Crippen molar-refractivity contribution < 1.29 is 9.53 Å². The molecule has 1 aromatic carbocycles. The molecule has 0 radical (unpaired) electrons. The summed E-state index contributed by atoms with van der Waals surface area (Å²) in [6, 6.07) is 6.22. The zero-order valence-electron chi connectivity index (χ0n) is 11.3. The number of hydrogen-bond acceptors (Lipinski definition) is 2. The Hall–Kier alpha value is -1.51. The molecule has 3 heteroatoms. The van der Waals surface area contributed by atoms with Gasteiger partial charge in [0.05, 0.1) is 0 Å². The number of amides is 1. The molecule has 0 aromatic heterocycles. The largest absolute Gasteiger partial charge is 0.477 e. The first-order valence-corrected chi connectivity index (χ1v) is 7.30. The van der Waals surface area contributed by atoms with Crippen molar-refractivity contribution in [3.05, 3.63) is 29.3 Å². The van der Waals surface area contributed by atoms with Crippen molar-refractivity contribution >= 4 is 5.91 Å². The summed E-state index contributed by atoms with van der Waals surface area (Å²) in [5.41, 5.74) is 7.62. The quantitative estimate of drug-likeness (QED) is 0.907. The minimum Gasteiger partial charge on any atom is -0.477 e. The smallest absolute Gasteiger partial charge is 0.261 e. The molecule has 0 heterocycles. The number of ether oxygens (including phenoxy) is 1. The van der Waals surface area contributed by atoms with E-state index in [0.29, 0.717) is 0 Å². The second-order valence-electron chi connectivity index (χ2n) is 5.81. The molecule has 0 spiro atoms. The van der Waals surface area contributed by atoms with Crippen molar-refractivity contribution in [1.82, 2.24) is 0 Å². The van der Waals surface area contributed by atoms with Crippen molar-refractivity contribution in [2.75, 3.05) is 0 Å². The summed E-state index contributed by atoms with van der Waals surface area (Å²) in [5.74, 6) is 0.494. The van der Waals surface area contributed by atoms with Gasteiger partial charge in [0, 0.05) is 0 Å². The van der Waals surface area contributed by atoms with Crippen molar-refractivity contribution in [1.29, 1.82) is 0 Å². The fourth-order valence-electron chi connectivity index (χ4n) is 3.36. The Bertz CT molecular complexity index is 490. The van der Waals surface area contributed by atoms with Gasteiger partial charge < -0.3 is 10.5 Å². The van der Waals surface area contributed by atoms with E-state index in [4.69, 9.17) is 10.5 Å². The second-order valence-corrected chi connectivity index (χ2v) is 5.81. The van der Waals surface area contributed by atoms with Gasteiger partial charge in [-0.05, 0) is 68.2 Å². The Balaban J connectivity index is 1.84. The first-order valence-electron chi connectivity index (χ1n) is 7.30. The summed E-state index contributed by atoms with van der Waals surface area (Å²) in [7, 11) is 0. The van der Waals surface area contributed by atoms with E-state index in [1.165, 1.54) is 24.0 Å². The second kappa shape index (κ2) is 4.87. The molecule has 1 fully saturated rings. The Morgan fingerprint density at radius 3 is 2.53 bits per heavy atom. The molecule has 0 saturated heterocycles. The highest BCUT2D eigenvalue weighted by molar-refractivity contribution is 5.84. The van der Waals surface area contributed by atoms with Crippen molar-refractivity contribution in [2.24, 2.45) is 5.73 Å². The molecule has 1 saturated carbocycles. The number of carbonyl (C=O) groups excluding carboxylic acids is 1. The molecule has 3 rings (SSSR count). The first-order chi connectivity index (χ1) is 9.20.